The standard InChI is InChI=1S/C10H18O2S2/c1-4-12-5-9(11)10-6-13-7(2)8(3)14-10/h7-8,10H,4-6H2,1-3H3. The number of ether oxygens (including phenoxy) is 1. The maximum Gasteiger partial charge on any atom is 0.172 e. The van der Waals surface area contributed by atoms with Gasteiger partial charge in [0.1, 0.15) is 6.61 Å². The summed E-state index contributed by atoms with van der Waals surface area (Å²) >= 11 is 3.70. The van der Waals surface area contributed by atoms with Crippen molar-refractivity contribution in [2.75, 3.05) is 19.0 Å². The number of Topliss-reactive ketones (excluding diaryl/α,β-unsaturated/α-hetero) is 1. The highest BCUT2D eigenvalue weighted by atomic mass is 32.2. The zero-order valence-corrected chi connectivity index (χ0v) is 10.6. The van der Waals surface area contributed by atoms with Crippen molar-refractivity contribution in [2.45, 2.75) is 36.5 Å². The second kappa shape index (κ2) is 6.03. The molecule has 0 aliphatic carbocycles. The minimum absolute atomic E-state index is 0.151. The number of carbonyl (C=O) groups excluding carboxylic acids is 1. The summed E-state index contributed by atoms with van der Waals surface area (Å²) in [6, 6.07) is 0. The lowest BCUT2D eigenvalue weighted by molar-refractivity contribution is -0.122. The monoisotopic (exact) mass is 234 g/mol. The van der Waals surface area contributed by atoms with Crippen LogP contribution in [-0.4, -0.2) is 40.5 Å². The van der Waals surface area contributed by atoms with Gasteiger partial charge in [-0.3, -0.25) is 4.79 Å². The second-order valence-electron chi connectivity index (χ2n) is 3.47. The Balaban J connectivity index is 2.34. The third-order valence-corrected chi connectivity index (χ3v) is 5.80. The van der Waals surface area contributed by atoms with Crippen molar-refractivity contribution in [3.05, 3.63) is 0 Å². The van der Waals surface area contributed by atoms with Gasteiger partial charge in [0.15, 0.2) is 5.78 Å². The average Bonchev–Trinajstić information content (AvgIpc) is 2.18. The van der Waals surface area contributed by atoms with E-state index < -0.39 is 0 Å². The molecule has 1 rings (SSSR count). The largest absolute Gasteiger partial charge is 0.374 e. The fraction of sp³-hybridized carbons (Fsp3) is 0.900. The van der Waals surface area contributed by atoms with Crippen LogP contribution in [0, 0.1) is 0 Å². The smallest absolute Gasteiger partial charge is 0.172 e. The van der Waals surface area contributed by atoms with Crippen molar-refractivity contribution in [1.82, 2.24) is 0 Å². The molecule has 0 bridgehead atoms. The maximum atomic E-state index is 11.7. The van der Waals surface area contributed by atoms with Crippen molar-refractivity contribution in [2.24, 2.45) is 0 Å². The van der Waals surface area contributed by atoms with Crippen LogP contribution in [0.15, 0.2) is 0 Å². The number of rotatable bonds is 4. The molecule has 0 aromatic rings. The van der Waals surface area contributed by atoms with Gasteiger partial charge in [-0.15, -0.1) is 11.8 Å². The van der Waals surface area contributed by atoms with E-state index in [2.05, 4.69) is 13.8 Å². The van der Waals surface area contributed by atoms with Gasteiger partial charge in [-0.25, -0.2) is 0 Å². The first kappa shape index (κ1) is 12.4. The van der Waals surface area contributed by atoms with E-state index >= 15 is 0 Å². The normalized spacial score (nSPS) is 32.9. The predicted molar refractivity (Wildman–Crippen MR) is 64.3 cm³/mol. The van der Waals surface area contributed by atoms with Crippen LogP contribution in [0.5, 0.6) is 0 Å². The van der Waals surface area contributed by atoms with Gasteiger partial charge < -0.3 is 4.74 Å². The summed E-state index contributed by atoms with van der Waals surface area (Å²) in [5.74, 6) is 1.20. The zero-order chi connectivity index (χ0) is 10.6. The Bertz CT molecular complexity index is 197. The highest BCUT2D eigenvalue weighted by molar-refractivity contribution is 8.08. The Morgan fingerprint density at radius 2 is 2.14 bits per heavy atom. The highest BCUT2D eigenvalue weighted by Gasteiger charge is 2.29. The van der Waals surface area contributed by atoms with E-state index in [-0.39, 0.29) is 17.6 Å². The van der Waals surface area contributed by atoms with Gasteiger partial charge in [0, 0.05) is 22.9 Å². The van der Waals surface area contributed by atoms with Gasteiger partial charge in [0.25, 0.3) is 0 Å². The van der Waals surface area contributed by atoms with Crippen LogP contribution in [0.25, 0.3) is 0 Å². The lowest BCUT2D eigenvalue weighted by Crippen LogP contribution is -2.33. The molecule has 3 unspecified atom stereocenters. The van der Waals surface area contributed by atoms with Crippen molar-refractivity contribution in [3.63, 3.8) is 0 Å². The lowest BCUT2D eigenvalue weighted by atomic mass is 10.3. The van der Waals surface area contributed by atoms with E-state index in [1.54, 1.807) is 11.8 Å². The van der Waals surface area contributed by atoms with Crippen molar-refractivity contribution < 1.29 is 9.53 Å². The van der Waals surface area contributed by atoms with E-state index in [0.717, 1.165) is 5.75 Å². The first-order valence-electron chi connectivity index (χ1n) is 5.02. The SMILES string of the molecule is CCOCC(=O)C1CSC(C)C(C)S1. The summed E-state index contributed by atoms with van der Waals surface area (Å²) in [6.07, 6.45) is 0. The molecule has 1 fully saturated rings. The molecular weight excluding hydrogens is 216 g/mol. The minimum Gasteiger partial charge on any atom is -0.374 e. The number of hydrogen-bond acceptors (Lipinski definition) is 4. The summed E-state index contributed by atoms with van der Waals surface area (Å²) in [7, 11) is 0. The number of thioether (sulfide) groups is 2. The molecule has 1 aliphatic heterocycles. The molecule has 0 amide bonds. The van der Waals surface area contributed by atoms with Gasteiger partial charge in [0.2, 0.25) is 0 Å². The zero-order valence-electron chi connectivity index (χ0n) is 8.99. The maximum absolute atomic E-state index is 11.7. The molecule has 0 N–H and O–H groups in total. The highest BCUT2D eigenvalue weighted by Crippen LogP contribution is 2.35. The molecule has 0 aromatic carbocycles. The third-order valence-electron chi connectivity index (χ3n) is 2.36. The fourth-order valence-electron chi connectivity index (χ4n) is 1.25. The quantitative estimate of drug-likeness (QED) is 0.745. The molecule has 0 aromatic heterocycles. The Morgan fingerprint density at radius 1 is 1.43 bits per heavy atom. The molecule has 14 heavy (non-hydrogen) atoms. The summed E-state index contributed by atoms with van der Waals surface area (Å²) < 4.78 is 5.14. The van der Waals surface area contributed by atoms with Crippen LogP contribution in [-0.2, 0) is 9.53 Å². The third kappa shape index (κ3) is 3.48. The van der Waals surface area contributed by atoms with Gasteiger partial charge in [-0.05, 0) is 6.92 Å². The Labute approximate surface area is 94.5 Å². The predicted octanol–water partition coefficient (Wildman–Crippen LogP) is 2.22. The molecule has 0 radical (unpaired) electrons. The van der Waals surface area contributed by atoms with E-state index in [4.69, 9.17) is 4.74 Å². The van der Waals surface area contributed by atoms with Gasteiger partial charge in [0.05, 0.1) is 5.25 Å². The fourth-order valence-corrected chi connectivity index (χ4v) is 4.12. The summed E-state index contributed by atoms with van der Waals surface area (Å²) in [6.45, 7) is 7.26. The summed E-state index contributed by atoms with van der Waals surface area (Å²) in [4.78, 5) is 11.7. The van der Waals surface area contributed by atoms with Crippen molar-refractivity contribution >= 4 is 29.3 Å². The van der Waals surface area contributed by atoms with Gasteiger partial charge in [-0.2, -0.15) is 11.8 Å². The molecule has 4 heteroatoms. The molecule has 0 saturated carbocycles. The first-order chi connectivity index (χ1) is 6.65. The molecule has 2 nitrogen and oxygen atoms in total. The molecule has 3 atom stereocenters. The number of ketones is 1. The minimum atomic E-state index is 0.151. The Kier molecular flexibility index (Phi) is 5.34. The average molecular weight is 234 g/mol. The van der Waals surface area contributed by atoms with Crippen LogP contribution < -0.4 is 0 Å². The lowest BCUT2D eigenvalue weighted by Gasteiger charge is -2.30. The number of hydrogen-bond donors (Lipinski definition) is 0. The molecule has 1 heterocycles. The Morgan fingerprint density at radius 3 is 2.71 bits per heavy atom. The van der Waals surface area contributed by atoms with Crippen LogP contribution in [0.2, 0.25) is 0 Å². The second-order valence-corrected chi connectivity index (χ2v) is 6.47. The number of carbonyl (C=O) groups is 1. The molecule has 1 saturated heterocycles. The van der Waals surface area contributed by atoms with Gasteiger partial charge >= 0.3 is 0 Å². The molecule has 82 valence electrons. The molecule has 1 aliphatic rings. The van der Waals surface area contributed by atoms with E-state index in [9.17, 15) is 4.79 Å². The van der Waals surface area contributed by atoms with Crippen molar-refractivity contribution in [1.29, 1.82) is 0 Å². The summed E-state index contributed by atoms with van der Waals surface area (Å²) in [5.41, 5.74) is 0. The first-order valence-corrected chi connectivity index (χ1v) is 7.01. The van der Waals surface area contributed by atoms with Gasteiger partial charge in [-0.1, -0.05) is 13.8 Å². The van der Waals surface area contributed by atoms with Crippen LogP contribution in [0.4, 0.5) is 0 Å². The van der Waals surface area contributed by atoms with Crippen molar-refractivity contribution in [3.8, 4) is 0 Å². The molecule has 0 spiro atoms. The van der Waals surface area contributed by atoms with Crippen LogP contribution >= 0.6 is 23.5 Å². The summed E-state index contributed by atoms with van der Waals surface area (Å²) in [5, 5.41) is 1.39. The Hall–Kier alpha value is 0.330. The van der Waals surface area contributed by atoms with E-state index in [1.165, 1.54) is 0 Å². The van der Waals surface area contributed by atoms with Crippen LogP contribution in [0.3, 0.4) is 0 Å². The van der Waals surface area contributed by atoms with E-state index in [1.807, 2.05) is 18.7 Å². The topological polar surface area (TPSA) is 26.3 Å². The van der Waals surface area contributed by atoms with E-state index in [0.29, 0.717) is 17.1 Å². The van der Waals surface area contributed by atoms with Crippen LogP contribution in [0.1, 0.15) is 20.8 Å². The molecular formula is C10H18O2S2.